The van der Waals surface area contributed by atoms with E-state index in [-0.39, 0.29) is 0 Å². The molecule has 1 rings (SSSR count). The summed E-state index contributed by atoms with van der Waals surface area (Å²) in [5.74, 6) is 0. The van der Waals surface area contributed by atoms with E-state index in [0.717, 1.165) is 6.42 Å². The molecule has 0 unspecified atom stereocenters. The second kappa shape index (κ2) is 2.70. The summed E-state index contributed by atoms with van der Waals surface area (Å²) in [4.78, 5) is 0.572. The van der Waals surface area contributed by atoms with Crippen molar-refractivity contribution in [3.63, 3.8) is 0 Å². The lowest BCUT2D eigenvalue weighted by Crippen LogP contribution is -1.99. The van der Waals surface area contributed by atoms with Crippen LogP contribution in [0.1, 0.15) is 20.3 Å². The molecule has 0 amide bonds. The normalized spacial score (nSPS) is 27.2. The molecule has 1 heteroatoms. The van der Waals surface area contributed by atoms with Crippen LogP contribution in [0.3, 0.4) is 0 Å². The molecule has 0 bridgehead atoms. The molecular formula is C8H11Br. The van der Waals surface area contributed by atoms with E-state index in [4.69, 9.17) is 0 Å². The van der Waals surface area contributed by atoms with Crippen molar-refractivity contribution in [2.75, 3.05) is 0 Å². The Morgan fingerprint density at radius 2 is 2.22 bits per heavy atom. The van der Waals surface area contributed by atoms with Crippen molar-refractivity contribution in [3.05, 3.63) is 23.3 Å². The fourth-order valence-corrected chi connectivity index (χ4v) is 2.08. The Bertz CT molecular complexity index is 165. The Labute approximate surface area is 64.8 Å². The molecule has 9 heavy (non-hydrogen) atoms. The fourth-order valence-electron chi connectivity index (χ4n) is 1.15. The highest BCUT2D eigenvalue weighted by Crippen LogP contribution is 2.21. The highest BCUT2D eigenvalue weighted by molar-refractivity contribution is 9.09. The predicted molar refractivity (Wildman–Crippen MR) is 44.8 cm³/mol. The molecule has 1 atom stereocenters. The first-order valence-corrected chi connectivity index (χ1v) is 4.10. The van der Waals surface area contributed by atoms with Crippen molar-refractivity contribution < 1.29 is 0 Å². The van der Waals surface area contributed by atoms with Gasteiger partial charge in [-0.2, -0.15) is 0 Å². The molecular weight excluding hydrogens is 176 g/mol. The van der Waals surface area contributed by atoms with Gasteiger partial charge >= 0.3 is 0 Å². The van der Waals surface area contributed by atoms with Crippen LogP contribution in [-0.2, 0) is 0 Å². The van der Waals surface area contributed by atoms with E-state index >= 15 is 0 Å². The molecule has 0 aromatic carbocycles. The maximum Gasteiger partial charge on any atom is 0.0368 e. The zero-order chi connectivity index (χ0) is 6.85. The van der Waals surface area contributed by atoms with Gasteiger partial charge in [-0.3, -0.25) is 0 Å². The number of halogens is 1. The van der Waals surface area contributed by atoms with Gasteiger partial charge in [-0.25, -0.2) is 0 Å². The molecule has 0 saturated heterocycles. The van der Waals surface area contributed by atoms with Gasteiger partial charge in [-0.1, -0.05) is 39.2 Å². The molecule has 50 valence electrons. The summed E-state index contributed by atoms with van der Waals surface area (Å²) in [5.41, 5.74) is 2.84. The van der Waals surface area contributed by atoms with Crippen LogP contribution in [0.4, 0.5) is 0 Å². The van der Waals surface area contributed by atoms with E-state index in [1.165, 1.54) is 11.1 Å². The lowest BCUT2D eigenvalue weighted by molar-refractivity contribution is 0.975. The van der Waals surface area contributed by atoms with Crippen LogP contribution >= 0.6 is 15.9 Å². The summed E-state index contributed by atoms with van der Waals surface area (Å²) in [6.45, 7) is 4.31. The summed E-state index contributed by atoms with van der Waals surface area (Å²) < 4.78 is 0. The smallest absolute Gasteiger partial charge is 0.0368 e. The highest BCUT2D eigenvalue weighted by atomic mass is 79.9. The fraction of sp³-hybridized carbons (Fsp3) is 0.500. The van der Waals surface area contributed by atoms with Crippen LogP contribution in [0.15, 0.2) is 23.3 Å². The van der Waals surface area contributed by atoms with Crippen molar-refractivity contribution in [3.8, 4) is 0 Å². The summed E-state index contributed by atoms with van der Waals surface area (Å²) in [6.07, 6.45) is 5.64. The van der Waals surface area contributed by atoms with Gasteiger partial charge in [0, 0.05) is 4.83 Å². The molecule has 1 aliphatic carbocycles. The van der Waals surface area contributed by atoms with Crippen LogP contribution in [0.25, 0.3) is 0 Å². The minimum Gasteiger partial charge on any atom is -0.0842 e. The van der Waals surface area contributed by atoms with Gasteiger partial charge in [0.2, 0.25) is 0 Å². The van der Waals surface area contributed by atoms with Crippen LogP contribution in [0, 0.1) is 0 Å². The maximum absolute atomic E-state index is 3.55. The lowest BCUT2D eigenvalue weighted by Gasteiger charge is -2.11. The zero-order valence-corrected chi connectivity index (χ0v) is 7.40. The second-order valence-electron chi connectivity index (χ2n) is 2.62. The quantitative estimate of drug-likeness (QED) is 0.511. The minimum absolute atomic E-state index is 0.572. The number of hydrogen-bond acceptors (Lipinski definition) is 0. The lowest BCUT2D eigenvalue weighted by atomic mass is 10.0. The Balaban J connectivity index is 2.74. The van der Waals surface area contributed by atoms with E-state index in [1.54, 1.807) is 0 Å². The first kappa shape index (κ1) is 7.07. The Hall–Kier alpha value is -0.0400. The van der Waals surface area contributed by atoms with Gasteiger partial charge in [-0.05, 0) is 20.3 Å². The van der Waals surface area contributed by atoms with Crippen LogP contribution < -0.4 is 0 Å². The van der Waals surface area contributed by atoms with Gasteiger partial charge < -0.3 is 0 Å². The summed E-state index contributed by atoms with van der Waals surface area (Å²) in [5, 5.41) is 0. The third kappa shape index (κ3) is 1.98. The number of allylic oxidation sites excluding steroid dienone is 4. The number of alkyl halides is 1. The highest BCUT2D eigenvalue weighted by Gasteiger charge is 2.05. The molecule has 0 radical (unpaired) electrons. The first-order valence-electron chi connectivity index (χ1n) is 3.18. The third-order valence-electron chi connectivity index (χ3n) is 1.43. The molecule has 0 fully saturated rings. The van der Waals surface area contributed by atoms with Crippen molar-refractivity contribution in [2.45, 2.75) is 25.1 Å². The Morgan fingerprint density at radius 3 is 2.67 bits per heavy atom. The predicted octanol–water partition coefficient (Wildman–Crippen LogP) is 3.05. The van der Waals surface area contributed by atoms with Gasteiger partial charge in [0.1, 0.15) is 0 Å². The summed E-state index contributed by atoms with van der Waals surface area (Å²) >= 11 is 3.55. The minimum atomic E-state index is 0.572. The van der Waals surface area contributed by atoms with E-state index in [9.17, 15) is 0 Å². The first-order chi connectivity index (χ1) is 4.18. The summed E-state index contributed by atoms with van der Waals surface area (Å²) in [7, 11) is 0. The second-order valence-corrected chi connectivity index (χ2v) is 3.80. The van der Waals surface area contributed by atoms with E-state index < -0.39 is 0 Å². The third-order valence-corrected chi connectivity index (χ3v) is 2.02. The van der Waals surface area contributed by atoms with Gasteiger partial charge in [-0.15, -0.1) is 0 Å². The van der Waals surface area contributed by atoms with Crippen molar-refractivity contribution in [1.82, 2.24) is 0 Å². The number of hydrogen-bond donors (Lipinski definition) is 0. The van der Waals surface area contributed by atoms with Crippen molar-refractivity contribution in [1.29, 1.82) is 0 Å². The van der Waals surface area contributed by atoms with Crippen LogP contribution in [0.5, 0.6) is 0 Å². The van der Waals surface area contributed by atoms with Gasteiger partial charge in [0.15, 0.2) is 0 Å². The van der Waals surface area contributed by atoms with E-state index in [1.807, 2.05) is 0 Å². The molecule has 1 aliphatic rings. The maximum atomic E-state index is 3.55. The molecule has 0 aromatic heterocycles. The zero-order valence-electron chi connectivity index (χ0n) is 5.82. The van der Waals surface area contributed by atoms with Crippen LogP contribution in [-0.4, -0.2) is 4.83 Å². The molecule has 0 aliphatic heterocycles. The molecule has 0 saturated carbocycles. The number of rotatable bonds is 0. The molecule has 0 aromatic rings. The Morgan fingerprint density at radius 1 is 1.56 bits per heavy atom. The molecule has 0 N–H and O–H groups in total. The topological polar surface area (TPSA) is 0 Å². The average molecular weight is 187 g/mol. The average Bonchev–Trinajstić information content (AvgIpc) is 1.59. The molecule has 0 nitrogen and oxygen atoms in total. The molecule has 0 spiro atoms. The SMILES string of the molecule is CC1=C[C@H](Br)CC(C)=C1. The van der Waals surface area contributed by atoms with Gasteiger partial charge in [0.25, 0.3) is 0 Å². The van der Waals surface area contributed by atoms with Crippen molar-refractivity contribution >= 4 is 15.9 Å². The van der Waals surface area contributed by atoms with E-state index in [0.29, 0.717) is 4.83 Å². The Kier molecular flexibility index (Phi) is 2.12. The molecule has 0 heterocycles. The summed E-state index contributed by atoms with van der Waals surface area (Å²) in [6, 6.07) is 0. The standard InChI is InChI=1S/C8H11Br/c1-6-3-7(2)5-8(9)4-6/h3-4,8H,5H2,1-2H3/t8-/m0/s1. The van der Waals surface area contributed by atoms with Gasteiger partial charge in [0.05, 0.1) is 0 Å². The largest absolute Gasteiger partial charge is 0.0842 e. The monoisotopic (exact) mass is 186 g/mol. The van der Waals surface area contributed by atoms with E-state index in [2.05, 4.69) is 41.9 Å². The van der Waals surface area contributed by atoms with Crippen molar-refractivity contribution in [2.24, 2.45) is 0 Å². The van der Waals surface area contributed by atoms with Crippen LogP contribution in [0.2, 0.25) is 0 Å².